The number of aryl methyl sites for hydroxylation is 2. The van der Waals surface area contributed by atoms with E-state index in [9.17, 15) is 23.1 Å². The van der Waals surface area contributed by atoms with Crippen molar-refractivity contribution >= 4 is 39.2 Å². The highest BCUT2D eigenvalue weighted by Gasteiger charge is 2.44. The van der Waals surface area contributed by atoms with Gasteiger partial charge in [0.2, 0.25) is 10.0 Å². The Morgan fingerprint density at radius 1 is 1.16 bits per heavy atom. The van der Waals surface area contributed by atoms with Crippen molar-refractivity contribution in [1.82, 2.24) is 4.31 Å². The molecule has 0 aromatic heterocycles. The highest BCUT2D eigenvalue weighted by Crippen LogP contribution is 2.28. The largest absolute Gasteiger partial charge is 0.454 e. The Morgan fingerprint density at radius 3 is 2.48 bits per heavy atom. The maximum atomic E-state index is 13.1. The van der Waals surface area contributed by atoms with Crippen molar-refractivity contribution in [3.8, 4) is 0 Å². The van der Waals surface area contributed by atoms with E-state index in [0.29, 0.717) is 10.7 Å². The molecule has 0 radical (unpaired) electrons. The van der Waals surface area contributed by atoms with Crippen LogP contribution >= 0.6 is 11.6 Å². The summed E-state index contributed by atoms with van der Waals surface area (Å²) in [7, 11) is -4.04. The van der Waals surface area contributed by atoms with Gasteiger partial charge in [-0.25, -0.2) is 8.42 Å². The van der Waals surface area contributed by atoms with Gasteiger partial charge in [-0.1, -0.05) is 17.7 Å². The number of carbonyl (C=O) groups is 2. The van der Waals surface area contributed by atoms with Gasteiger partial charge in [0, 0.05) is 23.7 Å². The number of anilines is 1. The third-order valence-electron chi connectivity index (χ3n) is 5.06. The molecule has 8 nitrogen and oxygen atoms in total. The van der Waals surface area contributed by atoms with Crippen LogP contribution in [0.5, 0.6) is 0 Å². The molecule has 31 heavy (non-hydrogen) atoms. The van der Waals surface area contributed by atoms with Gasteiger partial charge in [-0.15, -0.1) is 0 Å². The number of aliphatic hydroxyl groups is 1. The van der Waals surface area contributed by atoms with Gasteiger partial charge in [-0.3, -0.25) is 9.59 Å². The molecule has 2 unspecified atom stereocenters. The molecule has 10 heteroatoms. The van der Waals surface area contributed by atoms with E-state index in [0.717, 1.165) is 15.4 Å². The average Bonchev–Trinajstić information content (AvgIpc) is 3.12. The van der Waals surface area contributed by atoms with Crippen LogP contribution in [0.3, 0.4) is 0 Å². The molecule has 2 N–H and O–H groups in total. The molecule has 2 aromatic carbocycles. The Bertz CT molecular complexity index is 1090. The highest BCUT2D eigenvalue weighted by atomic mass is 35.5. The van der Waals surface area contributed by atoms with E-state index in [4.69, 9.17) is 16.3 Å². The lowest BCUT2D eigenvalue weighted by Crippen LogP contribution is -2.42. The van der Waals surface area contributed by atoms with Crippen molar-refractivity contribution in [1.29, 1.82) is 0 Å². The molecule has 2 aromatic rings. The molecular formula is C21H23ClN2O6S. The number of nitrogens with one attached hydrogen (secondary N) is 1. The number of β-amino-alcohol motifs (C(OH)–C–C–N with tert-alkyl or cyclic N) is 1. The van der Waals surface area contributed by atoms with Gasteiger partial charge in [0.05, 0.1) is 11.0 Å². The Balaban J connectivity index is 1.68. The first kappa shape index (κ1) is 23.2. The second-order valence-corrected chi connectivity index (χ2v) is 9.72. The van der Waals surface area contributed by atoms with Crippen LogP contribution in [0.25, 0.3) is 0 Å². The molecule has 1 aliphatic rings. The van der Waals surface area contributed by atoms with Crippen molar-refractivity contribution in [3.05, 3.63) is 58.6 Å². The summed E-state index contributed by atoms with van der Waals surface area (Å²) in [6.45, 7) is 2.83. The molecule has 1 fully saturated rings. The Hall–Kier alpha value is -2.46. The number of benzene rings is 2. The third kappa shape index (κ3) is 5.43. The Kier molecular flexibility index (Phi) is 7.00. The fraction of sp³-hybridized carbons (Fsp3) is 0.333. The van der Waals surface area contributed by atoms with Crippen LogP contribution in [0, 0.1) is 13.8 Å². The van der Waals surface area contributed by atoms with Crippen LogP contribution in [0.15, 0.2) is 47.4 Å². The second-order valence-electron chi connectivity index (χ2n) is 7.39. The summed E-state index contributed by atoms with van der Waals surface area (Å²) in [4.78, 5) is 24.6. The molecule has 1 saturated heterocycles. The molecule has 2 atom stereocenters. The summed E-state index contributed by atoms with van der Waals surface area (Å²) in [5.41, 5.74) is 2.20. The molecule has 166 valence electrons. The van der Waals surface area contributed by atoms with E-state index in [-0.39, 0.29) is 17.9 Å². The Morgan fingerprint density at radius 2 is 1.84 bits per heavy atom. The van der Waals surface area contributed by atoms with Crippen LogP contribution in [0.2, 0.25) is 5.02 Å². The molecular weight excluding hydrogens is 444 g/mol. The van der Waals surface area contributed by atoms with Crippen LogP contribution < -0.4 is 5.32 Å². The van der Waals surface area contributed by atoms with Crippen LogP contribution in [0.4, 0.5) is 5.69 Å². The smallest absolute Gasteiger partial charge is 0.325 e. The lowest BCUT2D eigenvalue weighted by Gasteiger charge is -2.22. The van der Waals surface area contributed by atoms with Crippen molar-refractivity contribution in [2.24, 2.45) is 0 Å². The minimum Gasteiger partial charge on any atom is -0.454 e. The minimum absolute atomic E-state index is 0.0305. The van der Waals surface area contributed by atoms with Gasteiger partial charge >= 0.3 is 5.97 Å². The number of hydrogen-bond donors (Lipinski definition) is 2. The zero-order valence-corrected chi connectivity index (χ0v) is 18.6. The van der Waals surface area contributed by atoms with E-state index in [1.54, 1.807) is 37.3 Å². The molecule has 0 saturated carbocycles. The lowest BCUT2D eigenvalue weighted by molar-refractivity contribution is -0.150. The molecule has 1 amide bonds. The van der Waals surface area contributed by atoms with Crippen LogP contribution in [-0.4, -0.2) is 55.0 Å². The molecule has 1 heterocycles. The summed E-state index contributed by atoms with van der Waals surface area (Å²) < 4.78 is 32.1. The van der Waals surface area contributed by atoms with Crippen molar-refractivity contribution in [3.63, 3.8) is 0 Å². The van der Waals surface area contributed by atoms with Crippen LogP contribution in [0.1, 0.15) is 17.5 Å². The van der Waals surface area contributed by atoms with Crippen molar-refractivity contribution < 1.29 is 27.9 Å². The zero-order chi connectivity index (χ0) is 22.8. The number of amides is 1. The maximum absolute atomic E-state index is 13.1. The zero-order valence-electron chi connectivity index (χ0n) is 17.0. The molecule has 0 aliphatic carbocycles. The van der Waals surface area contributed by atoms with Gasteiger partial charge in [-0.2, -0.15) is 4.31 Å². The average molecular weight is 467 g/mol. The lowest BCUT2D eigenvalue weighted by atomic mass is 10.1. The number of hydrogen-bond acceptors (Lipinski definition) is 6. The topological polar surface area (TPSA) is 113 Å². The SMILES string of the molecule is Cc1ccc(S(=O)(=O)N2CC(O)CC2C(=O)OCC(=O)Nc2ccc(Cl)cc2)cc1C. The van der Waals surface area contributed by atoms with Gasteiger partial charge in [0.25, 0.3) is 5.91 Å². The summed E-state index contributed by atoms with van der Waals surface area (Å²) in [5.74, 6) is -1.48. The number of halogens is 1. The predicted octanol–water partition coefficient (Wildman–Crippen LogP) is 2.26. The van der Waals surface area contributed by atoms with E-state index >= 15 is 0 Å². The highest BCUT2D eigenvalue weighted by molar-refractivity contribution is 7.89. The summed E-state index contributed by atoms with van der Waals surface area (Å²) in [5, 5.41) is 13.1. The maximum Gasteiger partial charge on any atom is 0.325 e. The Labute approximate surface area is 185 Å². The van der Waals surface area contributed by atoms with Gasteiger partial charge in [0.1, 0.15) is 6.04 Å². The first-order chi connectivity index (χ1) is 14.6. The second kappa shape index (κ2) is 9.35. The summed E-state index contributed by atoms with van der Waals surface area (Å²) in [6.07, 6.45) is -1.12. The minimum atomic E-state index is -4.04. The number of esters is 1. The number of nitrogens with zero attached hydrogens (tertiary/aromatic N) is 1. The number of ether oxygens (including phenoxy) is 1. The van der Waals surface area contributed by atoms with Crippen molar-refractivity contribution in [2.45, 2.75) is 37.3 Å². The first-order valence-corrected chi connectivity index (χ1v) is 11.4. The molecule has 1 aliphatic heterocycles. The molecule has 0 bridgehead atoms. The standard InChI is InChI=1S/C21H23ClN2O6S/c1-13-3-8-18(9-14(13)2)31(28,29)24-11-17(25)10-19(24)21(27)30-12-20(26)23-16-6-4-15(22)5-7-16/h3-9,17,19,25H,10-12H2,1-2H3,(H,23,26). The van der Waals surface area contributed by atoms with Crippen LogP contribution in [-0.2, 0) is 24.3 Å². The molecule has 0 spiro atoms. The van der Waals surface area contributed by atoms with E-state index in [1.807, 2.05) is 6.92 Å². The quantitative estimate of drug-likeness (QED) is 0.631. The summed E-state index contributed by atoms with van der Waals surface area (Å²) >= 11 is 5.79. The monoisotopic (exact) mass is 466 g/mol. The van der Waals surface area contributed by atoms with E-state index in [2.05, 4.69) is 5.32 Å². The first-order valence-electron chi connectivity index (χ1n) is 9.57. The number of aliphatic hydroxyl groups excluding tert-OH is 1. The number of rotatable bonds is 6. The third-order valence-corrected chi connectivity index (χ3v) is 7.19. The van der Waals surface area contributed by atoms with Gasteiger partial charge < -0.3 is 15.2 Å². The van der Waals surface area contributed by atoms with Gasteiger partial charge in [0.15, 0.2) is 6.61 Å². The normalized spacial score (nSPS) is 19.2. The van der Waals surface area contributed by atoms with E-state index < -0.39 is 40.7 Å². The summed E-state index contributed by atoms with van der Waals surface area (Å²) in [6, 6.07) is 9.83. The fourth-order valence-electron chi connectivity index (χ4n) is 3.24. The van der Waals surface area contributed by atoms with Crippen molar-refractivity contribution in [2.75, 3.05) is 18.5 Å². The van der Waals surface area contributed by atoms with Gasteiger partial charge in [-0.05, 0) is 61.4 Å². The predicted molar refractivity (Wildman–Crippen MR) is 115 cm³/mol. The molecule has 3 rings (SSSR count). The number of sulfonamides is 1. The fourth-order valence-corrected chi connectivity index (χ4v) is 5.08. The number of carbonyl (C=O) groups excluding carboxylic acids is 2. The van der Waals surface area contributed by atoms with E-state index in [1.165, 1.54) is 12.1 Å².